The number of hydrogen-bond acceptors (Lipinski definition) is 5. The van der Waals surface area contributed by atoms with Crippen LogP contribution >= 0.6 is 11.6 Å². The lowest BCUT2D eigenvalue weighted by Gasteiger charge is -2.13. The van der Waals surface area contributed by atoms with Crippen molar-refractivity contribution in [2.45, 2.75) is 20.1 Å². The van der Waals surface area contributed by atoms with Crippen molar-refractivity contribution < 1.29 is 23.1 Å². The minimum atomic E-state index is -0.537. The van der Waals surface area contributed by atoms with Crippen LogP contribution in [0.4, 0.5) is 10.1 Å². The second-order valence-corrected chi connectivity index (χ2v) is 6.91. The van der Waals surface area contributed by atoms with Gasteiger partial charge in [-0.3, -0.25) is 14.3 Å². The fourth-order valence-electron chi connectivity index (χ4n) is 2.66. The van der Waals surface area contributed by atoms with E-state index in [1.165, 1.54) is 34.0 Å². The molecule has 0 fully saturated rings. The molecule has 1 N–H and O–H groups in total. The molecule has 0 radical (unpaired) electrons. The number of carbonyl (C=O) groups excluding carboxylic acids is 2. The Labute approximate surface area is 177 Å². The number of carbonyl (C=O) groups is 2. The summed E-state index contributed by atoms with van der Waals surface area (Å²) in [6.45, 7) is 2.31. The molecule has 0 bridgehead atoms. The van der Waals surface area contributed by atoms with E-state index >= 15 is 0 Å². The van der Waals surface area contributed by atoms with E-state index in [0.29, 0.717) is 18.1 Å². The molecule has 2 amide bonds. The van der Waals surface area contributed by atoms with Crippen molar-refractivity contribution in [2.75, 3.05) is 19.4 Å². The molecule has 2 heterocycles. The zero-order chi connectivity index (χ0) is 21.8. The van der Waals surface area contributed by atoms with E-state index in [2.05, 4.69) is 10.4 Å². The number of rotatable bonds is 7. The number of aryl methyl sites for hydroxylation is 1. The molecular formula is C20H20ClFN4O4. The van der Waals surface area contributed by atoms with Gasteiger partial charge in [0.2, 0.25) is 0 Å². The molecule has 10 heteroatoms. The summed E-state index contributed by atoms with van der Waals surface area (Å²) in [4.78, 5) is 26.4. The molecule has 8 nitrogen and oxygen atoms in total. The van der Waals surface area contributed by atoms with Crippen LogP contribution in [0.1, 0.15) is 33.7 Å². The standard InChI is InChI=1S/C20H20ClFN4O4/c1-4-26-18(20(28)25(2)3)15(10-23-26)24-19(27)17-8-6-13(30-17)11-29-16-7-5-12(22)9-14(16)21/h5-10H,4,11H2,1-3H3,(H,24,27). The van der Waals surface area contributed by atoms with Gasteiger partial charge in [-0.25, -0.2) is 4.39 Å². The van der Waals surface area contributed by atoms with E-state index in [9.17, 15) is 14.0 Å². The van der Waals surface area contributed by atoms with Crippen LogP contribution in [0.15, 0.2) is 40.9 Å². The Morgan fingerprint density at radius 1 is 1.30 bits per heavy atom. The van der Waals surface area contributed by atoms with Gasteiger partial charge in [0, 0.05) is 20.6 Å². The molecule has 158 valence electrons. The first kappa shape index (κ1) is 21.4. The minimum Gasteiger partial charge on any atom is -0.484 e. The smallest absolute Gasteiger partial charge is 0.291 e. The van der Waals surface area contributed by atoms with Crippen LogP contribution in [0.3, 0.4) is 0 Å². The van der Waals surface area contributed by atoms with Crippen LogP contribution in [0.25, 0.3) is 0 Å². The Bertz CT molecular complexity index is 1080. The van der Waals surface area contributed by atoms with Gasteiger partial charge in [-0.15, -0.1) is 0 Å². The van der Waals surface area contributed by atoms with Crippen molar-refractivity contribution >= 4 is 29.1 Å². The van der Waals surface area contributed by atoms with E-state index in [1.54, 1.807) is 20.2 Å². The first-order chi connectivity index (χ1) is 14.3. The molecule has 30 heavy (non-hydrogen) atoms. The molecular weight excluding hydrogens is 415 g/mol. The van der Waals surface area contributed by atoms with E-state index in [4.69, 9.17) is 20.8 Å². The zero-order valence-corrected chi connectivity index (χ0v) is 17.4. The second kappa shape index (κ2) is 9.00. The molecule has 0 unspecified atom stereocenters. The third-order valence-electron chi connectivity index (χ3n) is 4.15. The number of nitrogens with one attached hydrogen (secondary N) is 1. The summed E-state index contributed by atoms with van der Waals surface area (Å²) >= 11 is 5.92. The first-order valence-electron chi connectivity index (χ1n) is 9.05. The Kier molecular flexibility index (Phi) is 6.41. The van der Waals surface area contributed by atoms with Crippen LogP contribution in [0.5, 0.6) is 5.75 Å². The van der Waals surface area contributed by atoms with E-state index in [-0.39, 0.29) is 34.7 Å². The Hall–Kier alpha value is -3.33. The van der Waals surface area contributed by atoms with Crippen LogP contribution < -0.4 is 10.1 Å². The van der Waals surface area contributed by atoms with Gasteiger partial charge in [-0.1, -0.05) is 11.6 Å². The lowest BCUT2D eigenvalue weighted by atomic mass is 10.3. The van der Waals surface area contributed by atoms with Crippen molar-refractivity contribution in [3.8, 4) is 5.75 Å². The Morgan fingerprint density at radius 2 is 2.07 bits per heavy atom. The van der Waals surface area contributed by atoms with Crippen molar-refractivity contribution in [2.24, 2.45) is 0 Å². The van der Waals surface area contributed by atoms with Crippen molar-refractivity contribution in [1.29, 1.82) is 0 Å². The van der Waals surface area contributed by atoms with E-state index < -0.39 is 11.7 Å². The summed E-state index contributed by atoms with van der Waals surface area (Å²) in [5, 5.41) is 6.91. The predicted molar refractivity (Wildman–Crippen MR) is 108 cm³/mol. The van der Waals surface area contributed by atoms with Gasteiger partial charge >= 0.3 is 0 Å². The monoisotopic (exact) mass is 434 g/mol. The molecule has 2 aromatic heterocycles. The quantitative estimate of drug-likeness (QED) is 0.610. The molecule has 3 aromatic rings. The van der Waals surface area contributed by atoms with Gasteiger partial charge < -0.3 is 19.4 Å². The molecule has 0 atom stereocenters. The summed E-state index contributed by atoms with van der Waals surface area (Å²) in [7, 11) is 3.24. The predicted octanol–water partition coefficient (Wildman–Crippen LogP) is 3.82. The largest absolute Gasteiger partial charge is 0.484 e. The number of nitrogens with zero attached hydrogens (tertiary/aromatic N) is 3. The number of aromatic nitrogens is 2. The molecule has 3 rings (SSSR count). The summed E-state index contributed by atoms with van der Waals surface area (Å²) in [6.07, 6.45) is 1.42. The summed E-state index contributed by atoms with van der Waals surface area (Å²) in [5.41, 5.74) is 0.560. The first-order valence-corrected chi connectivity index (χ1v) is 9.43. The molecule has 0 spiro atoms. The number of benzene rings is 1. The maximum absolute atomic E-state index is 13.1. The highest BCUT2D eigenvalue weighted by molar-refractivity contribution is 6.32. The van der Waals surface area contributed by atoms with E-state index in [1.807, 2.05) is 6.92 Å². The normalized spacial score (nSPS) is 10.7. The van der Waals surface area contributed by atoms with Crippen molar-refractivity contribution in [1.82, 2.24) is 14.7 Å². The van der Waals surface area contributed by atoms with Crippen LogP contribution in [0, 0.1) is 5.82 Å². The van der Waals surface area contributed by atoms with E-state index in [0.717, 1.165) is 6.07 Å². The number of hydrogen-bond donors (Lipinski definition) is 1. The van der Waals surface area contributed by atoms with Crippen molar-refractivity contribution in [3.05, 3.63) is 64.6 Å². The van der Waals surface area contributed by atoms with Crippen LogP contribution in [0.2, 0.25) is 5.02 Å². The number of furan rings is 1. The van der Waals surface area contributed by atoms with Gasteiger partial charge in [0.15, 0.2) is 5.76 Å². The van der Waals surface area contributed by atoms with Gasteiger partial charge in [0.25, 0.3) is 11.8 Å². The second-order valence-electron chi connectivity index (χ2n) is 6.51. The molecule has 1 aromatic carbocycles. The van der Waals surface area contributed by atoms with Gasteiger partial charge in [0.05, 0.1) is 16.9 Å². The molecule has 0 saturated carbocycles. The highest BCUT2D eigenvalue weighted by Crippen LogP contribution is 2.26. The molecule has 0 saturated heterocycles. The fourth-order valence-corrected chi connectivity index (χ4v) is 2.88. The zero-order valence-electron chi connectivity index (χ0n) is 16.6. The third kappa shape index (κ3) is 4.62. The molecule has 0 aliphatic rings. The number of ether oxygens (including phenoxy) is 1. The van der Waals surface area contributed by atoms with Gasteiger partial charge in [-0.2, -0.15) is 5.10 Å². The summed E-state index contributed by atoms with van der Waals surface area (Å²) in [5.74, 6) is -0.596. The minimum absolute atomic E-state index is 0.00321. The third-order valence-corrected chi connectivity index (χ3v) is 4.44. The lowest BCUT2D eigenvalue weighted by Crippen LogP contribution is -2.26. The fraction of sp³-hybridized carbons (Fsp3) is 0.250. The van der Waals surface area contributed by atoms with Gasteiger partial charge in [-0.05, 0) is 37.3 Å². The van der Waals surface area contributed by atoms with Gasteiger partial charge in [0.1, 0.15) is 29.6 Å². The summed E-state index contributed by atoms with van der Waals surface area (Å²) < 4.78 is 25.6. The topological polar surface area (TPSA) is 89.6 Å². The maximum Gasteiger partial charge on any atom is 0.291 e. The Morgan fingerprint density at radius 3 is 2.73 bits per heavy atom. The average Bonchev–Trinajstić information content (AvgIpc) is 3.33. The highest BCUT2D eigenvalue weighted by atomic mass is 35.5. The molecule has 0 aliphatic heterocycles. The number of amides is 2. The lowest BCUT2D eigenvalue weighted by molar-refractivity contribution is 0.0816. The van der Waals surface area contributed by atoms with Crippen molar-refractivity contribution in [3.63, 3.8) is 0 Å². The SMILES string of the molecule is CCn1ncc(NC(=O)c2ccc(COc3ccc(F)cc3Cl)o2)c1C(=O)N(C)C. The Balaban J connectivity index is 1.70. The summed E-state index contributed by atoms with van der Waals surface area (Å²) in [6, 6.07) is 6.83. The number of anilines is 1. The van der Waals surface area contributed by atoms with Crippen LogP contribution in [-0.2, 0) is 13.2 Å². The average molecular weight is 435 g/mol. The van der Waals surface area contributed by atoms with Crippen LogP contribution in [-0.4, -0.2) is 40.6 Å². The molecule has 0 aliphatic carbocycles. The highest BCUT2D eigenvalue weighted by Gasteiger charge is 2.22. The number of halogens is 2. The maximum atomic E-state index is 13.1.